The van der Waals surface area contributed by atoms with Gasteiger partial charge in [0.2, 0.25) is 5.91 Å². The molecule has 1 saturated heterocycles. The Labute approximate surface area is 176 Å². The minimum Gasteiger partial charge on any atom is -0.384 e. The third-order valence-electron chi connectivity index (χ3n) is 6.29. The van der Waals surface area contributed by atoms with Gasteiger partial charge in [-0.1, -0.05) is 0 Å². The van der Waals surface area contributed by atoms with Crippen LogP contribution in [0.2, 0.25) is 0 Å². The van der Waals surface area contributed by atoms with Crippen LogP contribution in [0, 0.1) is 6.92 Å². The van der Waals surface area contributed by atoms with E-state index in [9.17, 15) is 9.59 Å². The van der Waals surface area contributed by atoms with Crippen molar-refractivity contribution in [1.82, 2.24) is 19.2 Å². The molecule has 0 radical (unpaired) electrons. The van der Waals surface area contributed by atoms with Gasteiger partial charge in [-0.3, -0.25) is 14.3 Å². The fourth-order valence-corrected chi connectivity index (χ4v) is 3.61. The number of rotatable bonds is 3. The average molecular weight is 413 g/mol. The van der Waals surface area contributed by atoms with Crippen LogP contribution in [0.15, 0.2) is 23.1 Å². The Balaban J connectivity index is 1.62. The first-order valence-electron chi connectivity index (χ1n) is 10.2. The van der Waals surface area contributed by atoms with E-state index < -0.39 is 18.5 Å². The molecule has 9 nitrogen and oxygen atoms in total. The van der Waals surface area contributed by atoms with Crippen LogP contribution in [0.4, 0.5) is 11.5 Å². The van der Waals surface area contributed by atoms with Gasteiger partial charge in [0.1, 0.15) is 5.69 Å². The highest BCUT2D eigenvalue weighted by atomic mass is 16.7. The van der Waals surface area contributed by atoms with E-state index >= 15 is 0 Å². The summed E-state index contributed by atoms with van der Waals surface area (Å²) in [7, 11) is -0.803. The van der Waals surface area contributed by atoms with Crippen molar-refractivity contribution in [3.8, 4) is 0 Å². The standard InChI is InChI=1S/C20H28BN5O4/c1-13-7-8-25(21-29-19(3,4)20(5,6)30-21)18(28)17(13)22-16-11-15-12-24(14(2)27)9-10-26(15)23-16/h7-8,11H,9-10,12H2,1-6H3,(H,22,23). The zero-order valence-corrected chi connectivity index (χ0v) is 18.4. The molecule has 160 valence electrons. The third-order valence-corrected chi connectivity index (χ3v) is 6.29. The van der Waals surface area contributed by atoms with E-state index in [4.69, 9.17) is 9.31 Å². The lowest BCUT2D eigenvalue weighted by atomic mass is 9.90. The largest absolute Gasteiger partial charge is 0.601 e. The maximum Gasteiger partial charge on any atom is 0.601 e. The van der Waals surface area contributed by atoms with Gasteiger partial charge in [-0.2, -0.15) is 5.10 Å². The lowest BCUT2D eigenvalue weighted by Gasteiger charge is -2.32. The second-order valence-electron chi connectivity index (χ2n) is 8.96. The van der Waals surface area contributed by atoms with Crippen LogP contribution in [0.3, 0.4) is 0 Å². The number of aromatic nitrogens is 3. The van der Waals surface area contributed by atoms with E-state index in [1.54, 1.807) is 18.0 Å². The summed E-state index contributed by atoms with van der Waals surface area (Å²) in [5.74, 6) is 0.614. The lowest BCUT2D eigenvalue weighted by molar-refractivity contribution is -0.130. The highest BCUT2D eigenvalue weighted by Gasteiger charge is 2.53. The van der Waals surface area contributed by atoms with Crippen molar-refractivity contribution in [1.29, 1.82) is 0 Å². The summed E-state index contributed by atoms with van der Waals surface area (Å²) < 4.78 is 15.4. The molecule has 1 fully saturated rings. The molecule has 4 rings (SSSR count). The van der Waals surface area contributed by atoms with E-state index in [2.05, 4.69) is 10.4 Å². The summed E-state index contributed by atoms with van der Waals surface area (Å²) in [5.41, 5.74) is 0.821. The van der Waals surface area contributed by atoms with Crippen LogP contribution < -0.4 is 10.9 Å². The van der Waals surface area contributed by atoms with Gasteiger partial charge >= 0.3 is 7.25 Å². The zero-order chi connectivity index (χ0) is 21.8. The Morgan fingerprint density at radius 3 is 2.50 bits per heavy atom. The van der Waals surface area contributed by atoms with Crippen molar-refractivity contribution < 1.29 is 14.1 Å². The van der Waals surface area contributed by atoms with E-state index in [1.807, 2.05) is 51.4 Å². The van der Waals surface area contributed by atoms with E-state index in [1.165, 1.54) is 4.48 Å². The van der Waals surface area contributed by atoms with Crippen molar-refractivity contribution in [3.05, 3.63) is 39.9 Å². The van der Waals surface area contributed by atoms with Gasteiger partial charge in [0, 0.05) is 19.5 Å². The smallest absolute Gasteiger partial charge is 0.384 e. The highest BCUT2D eigenvalue weighted by molar-refractivity contribution is 6.43. The maximum absolute atomic E-state index is 13.2. The monoisotopic (exact) mass is 413 g/mol. The number of fused-ring (bicyclic) bond motifs is 1. The number of amides is 1. The van der Waals surface area contributed by atoms with Crippen molar-refractivity contribution in [2.75, 3.05) is 11.9 Å². The highest BCUT2D eigenvalue weighted by Crippen LogP contribution is 2.36. The quantitative estimate of drug-likeness (QED) is 0.774. The molecule has 10 heteroatoms. The average Bonchev–Trinajstić information content (AvgIpc) is 3.14. The number of hydrogen-bond acceptors (Lipinski definition) is 6. The molecule has 0 aromatic carbocycles. The minimum absolute atomic E-state index is 0.0427. The van der Waals surface area contributed by atoms with Gasteiger partial charge in [0.25, 0.3) is 5.56 Å². The Morgan fingerprint density at radius 1 is 1.20 bits per heavy atom. The molecule has 1 amide bonds. The van der Waals surface area contributed by atoms with Crippen LogP contribution in [0.1, 0.15) is 45.9 Å². The Morgan fingerprint density at radius 2 is 1.87 bits per heavy atom. The molecule has 4 heterocycles. The maximum atomic E-state index is 13.2. The number of nitrogens with one attached hydrogen (secondary N) is 1. The normalized spacial score (nSPS) is 19.7. The summed E-state index contributed by atoms with van der Waals surface area (Å²) in [6, 6.07) is 3.72. The molecule has 1 N–H and O–H groups in total. The van der Waals surface area contributed by atoms with Crippen molar-refractivity contribution in [2.45, 2.75) is 65.8 Å². The molecule has 2 aliphatic heterocycles. The van der Waals surface area contributed by atoms with Gasteiger partial charge < -0.3 is 24.0 Å². The summed E-state index contributed by atoms with van der Waals surface area (Å²) in [5, 5.41) is 7.72. The summed E-state index contributed by atoms with van der Waals surface area (Å²) >= 11 is 0. The molecule has 0 saturated carbocycles. The first-order chi connectivity index (χ1) is 14.0. The molecule has 30 heavy (non-hydrogen) atoms. The van der Waals surface area contributed by atoms with Gasteiger partial charge in [-0.15, -0.1) is 0 Å². The fourth-order valence-electron chi connectivity index (χ4n) is 3.61. The molecule has 0 aliphatic carbocycles. The molecule has 0 spiro atoms. The summed E-state index contributed by atoms with van der Waals surface area (Å²) in [6.45, 7) is 13.0. The fraction of sp³-hybridized carbons (Fsp3) is 0.550. The predicted molar refractivity (Wildman–Crippen MR) is 114 cm³/mol. The van der Waals surface area contributed by atoms with E-state index in [-0.39, 0.29) is 11.5 Å². The van der Waals surface area contributed by atoms with Crippen molar-refractivity contribution in [3.63, 3.8) is 0 Å². The van der Waals surface area contributed by atoms with Crippen molar-refractivity contribution in [2.24, 2.45) is 0 Å². The van der Waals surface area contributed by atoms with Crippen LogP contribution in [0.5, 0.6) is 0 Å². The second kappa shape index (κ2) is 6.99. The molecular formula is C20H28BN5O4. The Kier molecular flexibility index (Phi) is 4.82. The molecule has 0 unspecified atom stereocenters. The van der Waals surface area contributed by atoms with Crippen LogP contribution >= 0.6 is 0 Å². The molecule has 2 aliphatic rings. The molecule has 0 atom stereocenters. The molecule has 0 bridgehead atoms. The Hall–Kier alpha value is -2.59. The number of aryl methyl sites for hydroxylation is 1. The van der Waals surface area contributed by atoms with E-state index in [0.29, 0.717) is 31.1 Å². The van der Waals surface area contributed by atoms with Gasteiger partial charge in [0.05, 0.1) is 30.0 Å². The molecule has 2 aromatic heterocycles. The van der Waals surface area contributed by atoms with Gasteiger partial charge in [0.15, 0.2) is 5.82 Å². The number of hydrogen-bond donors (Lipinski definition) is 1. The first kappa shape index (κ1) is 20.7. The summed E-state index contributed by atoms with van der Waals surface area (Å²) in [6.07, 6.45) is 1.69. The number of carbonyl (C=O) groups excluding carboxylic acids is 1. The number of pyridine rings is 1. The van der Waals surface area contributed by atoms with Gasteiger partial charge in [-0.05, 0) is 52.4 Å². The number of nitrogens with zero attached hydrogens (tertiary/aromatic N) is 4. The molecular weight excluding hydrogens is 385 g/mol. The number of carbonyl (C=O) groups is 1. The lowest BCUT2D eigenvalue weighted by Crippen LogP contribution is -2.41. The Bertz CT molecular complexity index is 1040. The predicted octanol–water partition coefficient (Wildman–Crippen LogP) is 1.90. The summed E-state index contributed by atoms with van der Waals surface area (Å²) in [4.78, 5) is 26.7. The third kappa shape index (κ3) is 3.43. The zero-order valence-electron chi connectivity index (χ0n) is 18.4. The SMILES string of the molecule is CC(=O)N1CCn2nc(Nc3c(C)ccn(B4OC(C)(C)C(C)(C)O4)c3=O)cc2C1. The van der Waals surface area contributed by atoms with Crippen LogP contribution in [0.25, 0.3) is 0 Å². The van der Waals surface area contributed by atoms with Crippen LogP contribution in [-0.4, -0.2) is 50.1 Å². The van der Waals surface area contributed by atoms with Crippen LogP contribution in [-0.2, 0) is 27.2 Å². The van der Waals surface area contributed by atoms with E-state index in [0.717, 1.165) is 11.3 Å². The van der Waals surface area contributed by atoms with Gasteiger partial charge in [-0.25, -0.2) is 0 Å². The number of anilines is 2. The minimum atomic E-state index is -0.803. The van der Waals surface area contributed by atoms with Crippen molar-refractivity contribution >= 4 is 24.7 Å². The molecule has 2 aromatic rings. The first-order valence-corrected chi connectivity index (χ1v) is 10.2. The second-order valence-corrected chi connectivity index (χ2v) is 8.96. The topological polar surface area (TPSA) is 90.6 Å².